The monoisotopic (exact) mass is 349 g/mol. The predicted molar refractivity (Wildman–Crippen MR) is 96.6 cm³/mol. The Morgan fingerprint density at radius 1 is 1.23 bits per heavy atom. The summed E-state index contributed by atoms with van der Waals surface area (Å²) in [6.07, 6.45) is 3.90. The van der Waals surface area contributed by atoms with E-state index >= 15 is 0 Å². The number of aromatic nitrogens is 2. The van der Waals surface area contributed by atoms with E-state index in [0.29, 0.717) is 12.2 Å². The molecule has 0 radical (unpaired) electrons. The van der Waals surface area contributed by atoms with E-state index in [1.165, 1.54) is 0 Å². The van der Waals surface area contributed by atoms with E-state index in [9.17, 15) is 9.59 Å². The van der Waals surface area contributed by atoms with Crippen molar-refractivity contribution >= 4 is 23.2 Å². The van der Waals surface area contributed by atoms with E-state index in [4.69, 9.17) is 4.74 Å². The topological polar surface area (TPSA) is 63.9 Å². The molecule has 6 nitrogen and oxygen atoms in total. The molecule has 6 heteroatoms. The van der Waals surface area contributed by atoms with Gasteiger partial charge in [-0.1, -0.05) is 23.8 Å². The van der Waals surface area contributed by atoms with Gasteiger partial charge in [0, 0.05) is 31.0 Å². The summed E-state index contributed by atoms with van der Waals surface area (Å²) in [6, 6.07) is 13.4. The summed E-state index contributed by atoms with van der Waals surface area (Å²) in [5, 5.41) is 0. The number of pyridine rings is 1. The Balaban J connectivity index is 1.39. The zero-order valence-corrected chi connectivity index (χ0v) is 14.5. The third-order valence-electron chi connectivity index (χ3n) is 4.58. The molecule has 0 bridgehead atoms. The molecule has 0 unspecified atom stereocenters. The van der Waals surface area contributed by atoms with Crippen molar-refractivity contribution in [3.63, 3.8) is 0 Å². The van der Waals surface area contributed by atoms with Gasteiger partial charge in [-0.15, -0.1) is 0 Å². The largest absolute Gasteiger partial charge is 0.459 e. The van der Waals surface area contributed by atoms with Gasteiger partial charge in [-0.3, -0.25) is 9.59 Å². The average molecular weight is 349 g/mol. The van der Waals surface area contributed by atoms with Gasteiger partial charge < -0.3 is 14.0 Å². The molecule has 132 valence electrons. The van der Waals surface area contributed by atoms with Crippen LogP contribution in [0.25, 0.3) is 5.65 Å². The maximum Gasteiger partial charge on any atom is 0.311 e. The van der Waals surface area contributed by atoms with Crippen LogP contribution in [0, 0.1) is 12.8 Å². The van der Waals surface area contributed by atoms with E-state index in [1.807, 2.05) is 66.2 Å². The molecule has 4 rings (SSSR count). The maximum absolute atomic E-state index is 12.4. The molecule has 1 atom stereocenters. The number of imidazole rings is 1. The van der Waals surface area contributed by atoms with Crippen molar-refractivity contribution < 1.29 is 14.3 Å². The fraction of sp³-hybridized carbons (Fsp3) is 0.250. The molecule has 1 aliphatic rings. The van der Waals surface area contributed by atoms with Gasteiger partial charge in [0.2, 0.25) is 5.91 Å². The van der Waals surface area contributed by atoms with E-state index in [2.05, 4.69) is 4.98 Å². The highest BCUT2D eigenvalue weighted by molar-refractivity contribution is 5.99. The molecule has 2 aromatic heterocycles. The molecule has 26 heavy (non-hydrogen) atoms. The predicted octanol–water partition coefficient (Wildman–Crippen LogP) is 2.74. The van der Waals surface area contributed by atoms with Crippen molar-refractivity contribution in [2.45, 2.75) is 20.0 Å². The van der Waals surface area contributed by atoms with Crippen molar-refractivity contribution in [1.82, 2.24) is 9.38 Å². The van der Waals surface area contributed by atoms with Crippen molar-refractivity contribution in [2.24, 2.45) is 5.92 Å². The second kappa shape index (κ2) is 6.63. The zero-order valence-electron chi connectivity index (χ0n) is 14.5. The molecule has 1 fully saturated rings. The van der Waals surface area contributed by atoms with Crippen LogP contribution < -0.4 is 4.90 Å². The SMILES string of the molecule is Cc1ccc(N2C[C@@H](C(=O)OCc3cn4ccccc4n3)CC2=O)cc1. The number of carbonyl (C=O) groups is 2. The number of amides is 1. The summed E-state index contributed by atoms with van der Waals surface area (Å²) >= 11 is 0. The standard InChI is InChI=1S/C20H19N3O3/c1-14-5-7-17(8-6-14)23-11-15(10-19(23)24)20(25)26-13-16-12-22-9-3-2-4-18(22)21-16/h2-9,12,15H,10-11,13H2,1H3/t15-/m0/s1. The normalized spacial score (nSPS) is 17.0. The minimum Gasteiger partial charge on any atom is -0.459 e. The summed E-state index contributed by atoms with van der Waals surface area (Å²) in [5.74, 6) is -0.852. The smallest absolute Gasteiger partial charge is 0.311 e. The number of ether oxygens (including phenoxy) is 1. The lowest BCUT2D eigenvalue weighted by molar-refractivity contribution is -0.149. The Labute approximate surface area is 151 Å². The number of nitrogens with zero attached hydrogens (tertiary/aromatic N) is 3. The first-order valence-corrected chi connectivity index (χ1v) is 8.56. The Morgan fingerprint density at radius 3 is 2.81 bits per heavy atom. The van der Waals surface area contributed by atoms with Gasteiger partial charge in [0.25, 0.3) is 0 Å². The number of fused-ring (bicyclic) bond motifs is 1. The fourth-order valence-electron chi connectivity index (χ4n) is 3.16. The van der Waals surface area contributed by atoms with Gasteiger partial charge in [-0.25, -0.2) is 4.98 Å². The van der Waals surface area contributed by atoms with Gasteiger partial charge in [-0.2, -0.15) is 0 Å². The molecular formula is C20H19N3O3. The van der Waals surface area contributed by atoms with Crippen LogP contribution in [0.2, 0.25) is 0 Å². The average Bonchev–Trinajstić information content (AvgIpc) is 3.23. The highest BCUT2D eigenvalue weighted by Gasteiger charge is 2.36. The Kier molecular flexibility index (Phi) is 4.16. The Bertz CT molecular complexity index is 929. The van der Waals surface area contributed by atoms with E-state index in [-0.39, 0.29) is 24.9 Å². The van der Waals surface area contributed by atoms with E-state index in [0.717, 1.165) is 16.9 Å². The van der Waals surface area contributed by atoms with E-state index in [1.54, 1.807) is 4.90 Å². The Hall–Kier alpha value is -3.15. The second-order valence-electron chi connectivity index (χ2n) is 6.55. The Morgan fingerprint density at radius 2 is 2.04 bits per heavy atom. The van der Waals surface area contributed by atoms with Crippen LogP contribution >= 0.6 is 0 Å². The molecule has 1 amide bonds. The molecule has 0 N–H and O–H groups in total. The molecule has 0 saturated carbocycles. The van der Waals surface area contributed by atoms with Crippen molar-refractivity contribution in [1.29, 1.82) is 0 Å². The summed E-state index contributed by atoms with van der Waals surface area (Å²) in [7, 11) is 0. The van der Waals surface area contributed by atoms with Crippen LogP contribution in [-0.4, -0.2) is 27.8 Å². The van der Waals surface area contributed by atoms with Crippen molar-refractivity contribution in [3.05, 3.63) is 66.1 Å². The van der Waals surface area contributed by atoms with Crippen LogP contribution in [0.15, 0.2) is 54.9 Å². The van der Waals surface area contributed by atoms with Crippen LogP contribution in [0.1, 0.15) is 17.7 Å². The third-order valence-corrected chi connectivity index (χ3v) is 4.58. The number of hydrogen-bond donors (Lipinski definition) is 0. The first-order valence-electron chi connectivity index (χ1n) is 8.56. The lowest BCUT2D eigenvalue weighted by Crippen LogP contribution is -2.26. The molecule has 0 spiro atoms. The maximum atomic E-state index is 12.4. The lowest BCUT2D eigenvalue weighted by Gasteiger charge is -2.16. The molecule has 0 aliphatic carbocycles. The number of anilines is 1. The number of carbonyl (C=O) groups excluding carboxylic acids is 2. The molecular weight excluding hydrogens is 330 g/mol. The van der Waals surface area contributed by atoms with Crippen LogP contribution in [-0.2, 0) is 20.9 Å². The van der Waals surface area contributed by atoms with Gasteiger partial charge in [0.1, 0.15) is 12.3 Å². The van der Waals surface area contributed by atoms with Crippen molar-refractivity contribution in [2.75, 3.05) is 11.4 Å². The summed E-state index contributed by atoms with van der Waals surface area (Å²) in [5.41, 5.74) is 3.43. The molecule has 1 aliphatic heterocycles. The lowest BCUT2D eigenvalue weighted by atomic mass is 10.1. The highest BCUT2D eigenvalue weighted by Crippen LogP contribution is 2.26. The molecule has 3 aromatic rings. The quantitative estimate of drug-likeness (QED) is 0.680. The van der Waals surface area contributed by atoms with Crippen molar-refractivity contribution in [3.8, 4) is 0 Å². The van der Waals surface area contributed by atoms with Crippen LogP contribution in [0.3, 0.4) is 0 Å². The van der Waals surface area contributed by atoms with E-state index < -0.39 is 5.92 Å². The highest BCUT2D eigenvalue weighted by atomic mass is 16.5. The number of esters is 1. The summed E-state index contributed by atoms with van der Waals surface area (Å²) in [4.78, 5) is 30.7. The fourth-order valence-corrected chi connectivity index (χ4v) is 3.16. The first-order chi connectivity index (χ1) is 12.6. The summed E-state index contributed by atoms with van der Waals surface area (Å²) in [6.45, 7) is 2.46. The first kappa shape index (κ1) is 16.3. The van der Waals surface area contributed by atoms with Gasteiger partial charge in [-0.05, 0) is 31.2 Å². The number of rotatable bonds is 4. The molecule has 3 heterocycles. The third kappa shape index (κ3) is 3.18. The minimum absolute atomic E-state index is 0.0523. The molecule has 1 aromatic carbocycles. The summed E-state index contributed by atoms with van der Waals surface area (Å²) < 4.78 is 7.28. The molecule has 1 saturated heterocycles. The number of aryl methyl sites for hydroxylation is 1. The van der Waals surface area contributed by atoms with Gasteiger partial charge in [0.05, 0.1) is 11.6 Å². The van der Waals surface area contributed by atoms with Crippen LogP contribution in [0.4, 0.5) is 5.69 Å². The number of benzene rings is 1. The van der Waals surface area contributed by atoms with Crippen LogP contribution in [0.5, 0.6) is 0 Å². The minimum atomic E-state index is -0.444. The zero-order chi connectivity index (χ0) is 18.1. The van der Waals surface area contributed by atoms with Gasteiger partial charge >= 0.3 is 5.97 Å². The number of hydrogen-bond acceptors (Lipinski definition) is 4. The second-order valence-corrected chi connectivity index (χ2v) is 6.55. The van der Waals surface area contributed by atoms with Gasteiger partial charge in [0.15, 0.2) is 0 Å².